The molecule has 5 N–H and O–H groups in total. The van der Waals surface area contributed by atoms with E-state index < -0.39 is 0 Å². The SMILES string of the molecule is COc1cc(-c2cnc(N)nc2-c2cnc3ccccc3c2)ccc1CCCN1CCCC1.N. The number of aromatic nitrogens is 3. The highest BCUT2D eigenvalue weighted by molar-refractivity contribution is 5.87. The van der Waals surface area contributed by atoms with Crippen LogP contribution in [-0.2, 0) is 6.42 Å². The predicted octanol–water partition coefficient (Wildman–Crippen LogP) is 5.14. The monoisotopic (exact) mass is 456 g/mol. The lowest BCUT2D eigenvalue weighted by Crippen LogP contribution is -2.20. The Morgan fingerprint density at radius 3 is 2.62 bits per heavy atom. The van der Waals surface area contributed by atoms with E-state index in [0.29, 0.717) is 0 Å². The number of fused-ring (bicyclic) bond motifs is 1. The van der Waals surface area contributed by atoms with Crippen molar-refractivity contribution in [3.8, 4) is 28.1 Å². The largest absolute Gasteiger partial charge is 0.496 e. The lowest BCUT2D eigenvalue weighted by Gasteiger charge is -2.16. The van der Waals surface area contributed by atoms with Crippen LogP contribution in [0.15, 0.2) is 60.9 Å². The molecule has 7 nitrogen and oxygen atoms in total. The lowest BCUT2D eigenvalue weighted by molar-refractivity contribution is 0.332. The zero-order chi connectivity index (χ0) is 22.6. The highest BCUT2D eigenvalue weighted by Crippen LogP contribution is 2.34. The molecule has 0 spiro atoms. The zero-order valence-electron chi connectivity index (χ0n) is 19.7. The highest BCUT2D eigenvalue weighted by atomic mass is 16.5. The first kappa shape index (κ1) is 23.6. The van der Waals surface area contributed by atoms with Crippen LogP contribution in [0.2, 0.25) is 0 Å². The number of para-hydroxylation sites is 1. The molecule has 0 saturated carbocycles. The quantitative estimate of drug-likeness (QED) is 0.396. The van der Waals surface area contributed by atoms with Gasteiger partial charge in [-0.25, -0.2) is 9.97 Å². The van der Waals surface area contributed by atoms with Crippen LogP contribution < -0.4 is 16.6 Å². The average Bonchev–Trinajstić information content (AvgIpc) is 3.37. The van der Waals surface area contributed by atoms with E-state index in [4.69, 9.17) is 10.5 Å². The Morgan fingerprint density at radius 1 is 0.971 bits per heavy atom. The number of anilines is 1. The number of benzene rings is 2. The average molecular weight is 457 g/mol. The fourth-order valence-corrected chi connectivity index (χ4v) is 4.65. The van der Waals surface area contributed by atoms with E-state index in [2.05, 4.69) is 50.2 Å². The number of aryl methyl sites for hydroxylation is 1. The third-order valence-electron chi connectivity index (χ3n) is 6.39. The summed E-state index contributed by atoms with van der Waals surface area (Å²) in [6.07, 6.45) is 8.42. The third kappa shape index (κ3) is 5.00. The number of nitrogen functional groups attached to an aromatic ring is 1. The molecule has 0 amide bonds. The van der Waals surface area contributed by atoms with Crippen LogP contribution in [0.1, 0.15) is 24.8 Å². The maximum Gasteiger partial charge on any atom is 0.220 e. The fraction of sp³-hybridized carbons (Fsp3) is 0.296. The second-order valence-corrected chi connectivity index (χ2v) is 8.59. The van der Waals surface area contributed by atoms with Crippen molar-refractivity contribution >= 4 is 16.9 Å². The molecule has 7 heteroatoms. The zero-order valence-corrected chi connectivity index (χ0v) is 19.7. The van der Waals surface area contributed by atoms with E-state index in [1.807, 2.05) is 24.4 Å². The number of ether oxygens (including phenoxy) is 1. The van der Waals surface area contributed by atoms with Gasteiger partial charge in [0, 0.05) is 28.9 Å². The molecule has 176 valence electrons. The van der Waals surface area contributed by atoms with Crippen LogP contribution >= 0.6 is 0 Å². The summed E-state index contributed by atoms with van der Waals surface area (Å²) >= 11 is 0. The number of hydrogen-bond acceptors (Lipinski definition) is 7. The molecular formula is C27H32N6O. The lowest BCUT2D eigenvalue weighted by atomic mass is 9.98. The van der Waals surface area contributed by atoms with Gasteiger partial charge >= 0.3 is 0 Å². The Kier molecular flexibility index (Phi) is 7.35. The van der Waals surface area contributed by atoms with Crippen molar-refractivity contribution in [2.75, 3.05) is 32.5 Å². The third-order valence-corrected chi connectivity index (χ3v) is 6.39. The van der Waals surface area contributed by atoms with Gasteiger partial charge in [-0.15, -0.1) is 0 Å². The molecule has 0 unspecified atom stereocenters. The highest BCUT2D eigenvalue weighted by Gasteiger charge is 2.15. The molecule has 0 aliphatic carbocycles. The summed E-state index contributed by atoms with van der Waals surface area (Å²) in [7, 11) is 1.73. The normalized spacial score (nSPS) is 13.7. The Balaban J connectivity index is 0.00000274. The standard InChI is InChI=1S/C27H29N5O.H3N/c1-33-25-16-20(11-10-19(25)8-6-14-32-12-4-5-13-32)23-18-30-27(28)31-26(23)22-15-21-7-2-3-9-24(21)29-17-22;/h2-3,7,9-11,15-18H,4-6,8,12-14H2,1H3,(H2,28,30,31);1H3. The maximum atomic E-state index is 5.97. The van der Waals surface area contributed by atoms with Crippen molar-refractivity contribution in [3.63, 3.8) is 0 Å². The summed E-state index contributed by atoms with van der Waals surface area (Å²) in [5.41, 5.74) is 11.7. The molecule has 0 atom stereocenters. The van der Waals surface area contributed by atoms with Crippen LogP contribution in [0.4, 0.5) is 5.95 Å². The van der Waals surface area contributed by atoms with Gasteiger partial charge in [-0.1, -0.05) is 30.3 Å². The van der Waals surface area contributed by atoms with E-state index in [-0.39, 0.29) is 12.1 Å². The molecule has 1 aliphatic rings. The molecule has 1 fully saturated rings. The minimum Gasteiger partial charge on any atom is -0.496 e. The summed E-state index contributed by atoms with van der Waals surface area (Å²) in [6.45, 7) is 3.62. The van der Waals surface area contributed by atoms with Crippen LogP contribution in [0.25, 0.3) is 33.3 Å². The van der Waals surface area contributed by atoms with Crippen LogP contribution in [0.5, 0.6) is 5.75 Å². The Hall–Kier alpha value is -3.55. The van der Waals surface area contributed by atoms with E-state index in [1.165, 1.54) is 31.5 Å². The van der Waals surface area contributed by atoms with Gasteiger partial charge in [0.1, 0.15) is 5.75 Å². The Labute approximate surface area is 200 Å². The maximum absolute atomic E-state index is 5.97. The first-order valence-corrected chi connectivity index (χ1v) is 11.6. The van der Waals surface area contributed by atoms with Crippen LogP contribution in [0, 0.1) is 0 Å². The molecule has 0 bridgehead atoms. The van der Waals surface area contributed by atoms with E-state index in [0.717, 1.165) is 58.4 Å². The summed E-state index contributed by atoms with van der Waals surface area (Å²) in [4.78, 5) is 16.0. The first-order valence-electron chi connectivity index (χ1n) is 11.6. The number of nitrogens with two attached hydrogens (primary N) is 1. The molecule has 1 saturated heterocycles. The molecule has 2 aromatic carbocycles. The molecule has 3 heterocycles. The number of methoxy groups -OCH3 is 1. The Morgan fingerprint density at radius 2 is 1.79 bits per heavy atom. The van der Waals surface area contributed by atoms with Crippen molar-refractivity contribution in [2.45, 2.75) is 25.7 Å². The van der Waals surface area contributed by atoms with E-state index in [1.54, 1.807) is 13.3 Å². The molecule has 2 aromatic heterocycles. The summed E-state index contributed by atoms with van der Waals surface area (Å²) in [6, 6.07) is 16.5. The second-order valence-electron chi connectivity index (χ2n) is 8.59. The number of nitrogens with zero attached hydrogens (tertiary/aromatic N) is 4. The van der Waals surface area contributed by atoms with Gasteiger partial charge in [0.15, 0.2) is 0 Å². The summed E-state index contributed by atoms with van der Waals surface area (Å²) in [5.74, 6) is 1.14. The van der Waals surface area contributed by atoms with Gasteiger partial charge < -0.3 is 21.5 Å². The summed E-state index contributed by atoms with van der Waals surface area (Å²) in [5, 5.41) is 1.06. The topological polar surface area (TPSA) is 112 Å². The van der Waals surface area contributed by atoms with Crippen molar-refractivity contribution in [1.29, 1.82) is 0 Å². The molecule has 5 rings (SSSR count). The molecule has 1 aliphatic heterocycles. The first-order chi connectivity index (χ1) is 16.2. The van der Waals surface area contributed by atoms with Gasteiger partial charge in [-0.2, -0.15) is 0 Å². The predicted molar refractivity (Wildman–Crippen MR) is 138 cm³/mol. The van der Waals surface area contributed by atoms with Crippen molar-refractivity contribution in [2.24, 2.45) is 0 Å². The van der Waals surface area contributed by atoms with E-state index in [9.17, 15) is 0 Å². The van der Waals surface area contributed by atoms with E-state index >= 15 is 0 Å². The minimum absolute atomic E-state index is 0. The summed E-state index contributed by atoms with van der Waals surface area (Å²) < 4.78 is 5.77. The molecular weight excluding hydrogens is 424 g/mol. The fourth-order valence-electron chi connectivity index (χ4n) is 4.65. The number of pyridine rings is 1. The number of rotatable bonds is 7. The van der Waals surface area contributed by atoms with Gasteiger partial charge in [-0.05, 0) is 74.6 Å². The van der Waals surface area contributed by atoms with Gasteiger partial charge in [-0.3, -0.25) is 4.98 Å². The minimum atomic E-state index is 0. The van der Waals surface area contributed by atoms with Gasteiger partial charge in [0.25, 0.3) is 0 Å². The number of hydrogen-bond donors (Lipinski definition) is 2. The molecule has 4 aromatic rings. The molecule has 34 heavy (non-hydrogen) atoms. The molecule has 0 radical (unpaired) electrons. The van der Waals surface area contributed by atoms with Crippen molar-refractivity contribution in [3.05, 3.63) is 66.5 Å². The Bertz CT molecular complexity index is 1270. The van der Waals surface area contributed by atoms with Crippen LogP contribution in [0.3, 0.4) is 0 Å². The van der Waals surface area contributed by atoms with Crippen LogP contribution in [-0.4, -0.2) is 46.6 Å². The van der Waals surface area contributed by atoms with Crippen molar-refractivity contribution in [1.82, 2.24) is 26.0 Å². The van der Waals surface area contributed by atoms with Gasteiger partial charge in [0.2, 0.25) is 5.95 Å². The number of likely N-dealkylation sites (tertiary alicyclic amines) is 1. The van der Waals surface area contributed by atoms with Gasteiger partial charge in [0.05, 0.1) is 18.3 Å². The second kappa shape index (κ2) is 10.6. The smallest absolute Gasteiger partial charge is 0.220 e. The van der Waals surface area contributed by atoms with Crippen molar-refractivity contribution < 1.29 is 4.74 Å².